The second-order valence-electron chi connectivity index (χ2n) is 4.05. The molecule has 2 amide bonds. The van der Waals surface area contributed by atoms with Crippen LogP contribution in [0.25, 0.3) is 0 Å². The molecule has 3 N–H and O–H groups in total. The summed E-state index contributed by atoms with van der Waals surface area (Å²) in [6, 6.07) is 8.31. The van der Waals surface area contributed by atoms with Crippen molar-refractivity contribution in [3.8, 4) is 0 Å². The molecule has 1 atom stereocenters. The van der Waals surface area contributed by atoms with Gasteiger partial charge in [-0.1, -0.05) is 36.4 Å². The highest BCUT2D eigenvalue weighted by Crippen LogP contribution is 1.98. The van der Waals surface area contributed by atoms with Crippen LogP contribution in [0.3, 0.4) is 0 Å². The van der Waals surface area contributed by atoms with Crippen molar-refractivity contribution in [2.75, 3.05) is 6.54 Å². The highest BCUT2D eigenvalue weighted by atomic mass is 16.4. The van der Waals surface area contributed by atoms with Gasteiger partial charge in [-0.25, -0.2) is 9.59 Å². The van der Waals surface area contributed by atoms with Crippen molar-refractivity contribution in [2.45, 2.75) is 18.9 Å². The molecule has 5 heteroatoms. The highest BCUT2D eigenvalue weighted by Gasteiger charge is 2.17. The van der Waals surface area contributed by atoms with E-state index in [0.717, 1.165) is 5.56 Å². The van der Waals surface area contributed by atoms with E-state index in [9.17, 15) is 9.59 Å². The van der Waals surface area contributed by atoms with E-state index in [0.29, 0.717) is 13.0 Å². The van der Waals surface area contributed by atoms with Gasteiger partial charge in [0.05, 0.1) is 0 Å². The number of carbonyl (C=O) groups excluding carboxylic acids is 1. The molecule has 102 valence electrons. The van der Waals surface area contributed by atoms with Crippen LogP contribution < -0.4 is 10.6 Å². The third-order valence-corrected chi connectivity index (χ3v) is 2.55. The second-order valence-corrected chi connectivity index (χ2v) is 4.05. The lowest BCUT2D eigenvalue weighted by Crippen LogP contribution is -2.46. The molecule has 19 heavy (non-hydrogen) atoms. The summed E-state index contributed by atoms with van der Waals surface area (Å²) in [7, 11) is 0. The third kappa shape index (κ3) is 5.72. The summed E-state index contributed by atoms with van der Waals surface area (Å²) in [5.41, 5.74) is 1.11. The molecule has 0 fully saturated rings. The summed E-state index contributed by atoms with van der Waals surface area (Å²) in [6.45, 7) is 3.91. The number of rotatable bonds is 7. The van der Waals surface area contributed by atoms with Gasteiger partial charge in [0.1, 0.15) is 6.04 Å². The van der Waals surface area contributed by atoms with Gasteiger partial charge in [0.15, 0.2) is 0 Å². The first-order valence-corrected chi connectivity index (χ1v) is 6.05. The number of hydrogen-bond donors (Lipinski definition) is 3. The zero-order valence-corrected chi connectivity index (χ0v) is 10.6. The average Bonchev–Trinajstić information content (AvgIpc) is 2.39. The molecule has 0 saturated carbocycles. The number of hydrogen-bond acceptors (Lipinski definition) is 2. The molecule has 0 bridgehead atoms. The number of nitrogens with one attached hydrogen (secondary N) is 2. The van der Waals surface area contributed by atoms with Crippen molar-refractivity contribution in [1.29, 1.82) is 0 Å². The number of benzene rings is 1. The topological polar surface area (TPSA) is 78.4 Å². The van der Waals surface area contributed by atoms with Crippen molar-refractivity contribution in [3.63, 3.8) is 0 Å². The Morgan fingerprint density at radius 2 is 2.00 bits per heavy atom. The van der Waals surface area contributed by atoms with Crippen LogP contribution in [0.4, 0.5) is 4.79 Å². The Balaban J connectivity index is 2.31. The predicted molar refractivity (Wildman–Crippen MR) is 72.9 cm³/mol. The van der Waals surface area contributed by atoms with Crippen molar-refractivity contribution in [1.82, 2.24) is 10.6 Å². The largest absolute Gasteiger partial charge is 0.480 e. The van der Waals surface area contributed by atoms with Gasteiger partial charge < -0.3 is 15.7 Å². The molecule has 0 saturated heterocycles. The molecule has 0 heterocycles. The monoisotopic (exact) mass is 262 g/mol. The fourth-order valence-electron chi connectivity index (χ4n) is 1.56. The van der Waals surface area contributed by atoms with E-state index in [-0.39, 0.29) is 6.42 Å². The summed E-state index contributed by atoms with van der Waals surface area (Å²) in [6.07, 6.45) is 2.36. The van der Waals surface area contributed by atoms with Crippen LogP contribution in [-0.4, -0.2) is 29.7 Å². The average molecular weight is 262 g/mol. The Morgan fingerprint density at radius 1 is 1.32 bits per heavy atom. The third-order valence-electron chi connectivity index (χ3n) is 2.55. The Bertz CT molecular complexity index is 432. The van der Waals surface area contributed by atoms with Crippen LogP contribution in [-0.2, 0) is 11.2 Å². The van der Waals surface area contributed by atoms with E-state index in [1.807, 2.05) is 30.3 Å². The highest BCUT2D eigenvalue weighted by molar-refractivity contribution is 5.82. The quantitative estimate of drug-likeness (QED) is 0.652. The fourth-order valence-corrected chi connectivity index (χ4v) is 1.56. The van der Waals surface area contributed by atoms with Crippen LogP contribution in [0.15, 0.2) is 43.0 Å². The van der Waals surface area contributed by atoms with Crippen LogP contribution >= 0.6 is 0 Å². The first kappa shape index (κ1) is 14.8. The summed E-state index contributed by atoms with van der Waals surface area (Å²) in [5.74, 6) is -1.07. The van der Waals surface area contributed by atoms with Gasteiger partial charge in [-0.05, 0) is 18.4 Å². The lowest BCUT2D eigenvalue weighted by atomic mass is 10.1. The molecular weight excluding hydrogens is 244 g/mol. The molecule has 0 aliphatic heterocycles. The maximum absolute atomic E-state index is 11.5. The maximum atomic E-state index is 11.5. The summed E-state index contributed by atoms with van der Waals surface area (Å²) < 4.78 is 0. The molecule has 1 aromatic carbocycles. The molecule has 0 spiro atoms. The molecule has 5 nitrogen and oxygen atoms in total. The summed E-state index contributed by atoms with van der Waals surface area (Å²) in [4.78, 5) is 22.3. The number of urea groups is 1. The lowest BCUT2D eigenvalue weighted by molar-refractivity contribution is -0.139. The predicted octanol–water partition coefficient (Wildman–Crippen LogP) is 1.56. The Kier molecular flexibility index (Phi) is 6.15. The number of carbonyl (C=O) groups is 2. The van der Waals surface area contributed by atoms with E-state index in [4.69, 9.17) is 5.11 Å². The zero-order valence-electron chi connectivity index (χ0n) is 10.6. The van der Waals surface area contributed by atoms with Crippen molar-refractivity contribution < 1.29 is 14.7 Å². The van der Waals surface area contributed by atoms with E-state index in [1.165, 1.54) is 6.08 Å². The van der Waals surface area contributed by atoms with Crippen molar-refractivity contribution in [2.24, 2.45) is 0 Å². The van der Waals surface area contributed by atoms with Gasteiger partial charge in [0, 0.05) is 6.54 Å². The standard InChI is InChI=1S/C14H18N2O3/c1-2-6-12(13(17)18)16-14(19)15-10-9-11-7-4-3-5-8-11/h2-5,7-8,12H,1,6,9-10H2,(H,17,18)(H2,15,16,19). The molecular formula is C14H18N2O3. The van der Waals surface area contributed by atoms with Gasteiger partial charge >= 0.3 is 12.0 Å². The molecule has 0 aromatic heterocycles. The smallest absolute Gasteiger partial charge is 0.326 e. The first-order chi connectivity index (χ1) is 9.13. The molecule has 1 rings (SSSR count). The second kappa shape index (κ2) is 7.92. The van der Waals surface area contributed by atoms with Crippen LogP contribution in [0, 0.1) is 0 Å². The number of amides is 2. The van der Waals surface area contributed by atoms with E-state index < -0.39 is 18.0 Å². The number of carboxylic acid groups (broad SMARTS) is 1. The molecule has 1 unspecified atom stereocenters. The minimum absolute atomic E-state index is 0.196. The number of aliphatic carboxylic acids is 1. The van der Waals surface area contributed by atoms with E-state index in [2.05, 4.69) is 17.2 Å². The Labute approximate surface area is 112 Å². The molecule has 0 radical (unpaired) electrons. The number of carboxylic acids is 1. The van der Waals surface area contributed by atoms with Gasteiger partial charge in [-0.15, -0.1) is 6.58 Å². The van der Waals surface area contributed by atoms with Gasteiger partial charge in [-0.2, -0.15) is 0 Å². The van der Waals surface area contributed by atoms with Gasteiger partial charge in [-0.3, -0.25) is 0 Å². The minimum Gasteiger partial charge on any atom is -0.480 e. The van der Waals surface area contributed by atoms with E-state index >= 15 is 0 Å². The zero-order chi connectivity index (χ0) is 14.1. The van der Waals surface area contributed by atoms with Crippen molar-refractivity contribution >= 4 is 12.0 Å². The fraction of sp³-hybridized carbons (Fsp3) is 0.286. The first-order valence-electron chi connectivity index (χ1n) is 6.05. The molecule has 0 aliphatic carbocycles. The summed E-state index contributed by atoms with van der Waals surface area (Å²) >= 11 is 0. The van der Waals surface area contributed by atoms with Crippen LogP contribution in [0.1, 0.15) is 12.0 Å². The Morgan fingerprint density at radius 3 is 2.58 bits per heavy atom. The maximum Gasteiger partial charge on any atom is 0.326 e. The van der Waals surface area contributed by atoms with Crippen molar-refractivity contribution in [3.05, 3.63) is 48.6 Å². The van der Waals surface area contributed by atoms with Gasteiger partial charge in [0.25, 0.3) is 0 Å². The van der Waals surface area contributed by atoms with Crippen LogP contribution in [0.5, 0.6) is 0 Å². The molecule has 0 aliphatic rings. The van der Waals surface area contributed by atoms with Gasteiger partial charge in [0.2, 0.25) is 0 Å². The summed E-state index contributed by atoms with van der Waals surface area (Å²) in [5, 5.41) is 13.9. The van der Waals surface area contributed by atoms with Crippen LogP contribution in [0.2, 0.25) is 0 Å². The SMILES string of the molecule is C=CCC(NC(=O)NCCc1ccccc1)C(=O)O. The normalized spacial score (nSPS) is 11.4. The lowest BCUT2D eigenvalue weighted by Gasteiger charge is -2.13. The molecule has 1 aromatic rings. The van der Waals surface area contributed by atoms with E-state index in [1.54, 1.807) is 0 Å². The minimum atomic E-state index is -1.07. The Hall–Kier alpha value is -2.30.